The van der Waals surface area contributed by atoms with Crippen LogP contribution in [0.25, 0.3) is 0 Å². The normalized spacial score (nSPS) is 21.7. The van der Waals surface area contributed by atoms with Crippen LogP contribution in [0.3, 0.4) is 0 Å². The van der Waals surface area contributed by atoms with Crippen molar-refractivity contribution >= 4 is 16.0 Å². The minimum Gasteiger partial charge on any atom is -0.478 e. The molecule has 0 bridgehead atoms. The molecule has 1 fully saturated rings. The van der Waals surface area contributed by atoms with E-state index in [1.54, 1.807) is 13.8 Å². The quantitative estimate of drug-likeness (QED) is 0.855. The van der Waals surface area contributed by atoms with Gasteiger partial charge < -0.3 is 9.84 Å². The number of hydrogen-bond acceptors (Lipinski definition) is 4. The maximum Gasteiger partial charge on any atom is 0.335 e. The summed E-state index contributed by atoms with van der Waals surface area (Å²) in [5.74, 6) is -1.16. The molecule has 0 spiro atoms. The van der Waals surface area contributed by atoms with Gasteiger partial charge in [0, 0.05) is 0 Å². The third-order valence-electron chi connectivity index (χ3n) is 3.15. The molecule has 1 atom stereocenters. The molecule has 7 heteroatoms. The second-order valence-corrected chi connectivity index (χ2v) is 6.64. The summed E-state index contributed by atoms with van der Waals surface area (Å²) in [4.78, 5) is 10.8. The lowest BCUT2D eigenvalue weighted by molar-refractivity contribution is -0.146. The number of nitrogens with one attached hydrogen (secondary N) is 1. The summed E-state index contributed by atoms with van der Waals surface area (Å²) < 4.78 is 32.0. The zero-order valence-corrected chi connectivity index (χ0v) is 11.4. The van der Waals surface area contributed by atoms with Gasteiger partial charge in [0.15, 0.2) is 0 Å². The molecule has 19 heavy (non-hydrogen) atoms. The molecule has 104 valence electrons. The van der Waals surface area contributed by atoms with Crippen LogP contribution < -0.4 is 4.72 Å². The van der Waals surface area contributed by atoms with Crippen molar-refractivity contribution in [2.24, 2.45) is 0 Å². The van der Waals surface area contributed by atoms with Crippen molar-refractivity contribution in [3.8, 4) is 0 Å². The number of ether oxygens (including phenoxy) is 1. The van der Waals surface area contributed by atoms with E-state index in [2.05, 4.69) is 4.72 Å². The molecular weight excluding hydrogens is 270 g/mol. The molecule has 0 radical (unpaired) electrons. The van der Waals surface area contributed by atoms with Crippen molar-refractivity contribution in [1.82, 2.24) is 4.72 Å². The first kappa shape index (κ1) is 14.0. The van der Waals surface area contributed by atoms with Crippen LogP contribution >= 0.6 is 0 Å². The van der Waals surface area contributed by atoms with E-state index in [-0.39, 0.29) is 16.5 Å². The van der Waals surface area contributed by atoms with Crippen molar-refractivity contribution in [2.75, 3.05) is 6.61 Å². The first-order valence-corrected chi connectivity index (χ1v) is 7.20. The Balaban J connectivity index is 2.25. The highest BCUT2D eigenvalue weighted by Gasteiger charge is 2.42. The average molecular weight is 285 g/mol. The van der Waals surface area contributed by atoms with Gasteiger partial charge in [-0.3, -0.25) is 0 Å². The Hall–Kier alpha value is -1.44. The lowest BCUT2D eigenvalue weighted by atomic mass is 9.95. The molecule has 0 saturated carbocycles. The number of rotatable bonds is 4. The second-order valence-electron chi connectivity index (χ2n) is 4.92. The number of sulfonamides is 1. The summed E-state index contributed by atoms with van der Waals surface area (Å²) in [6.07, 6.45) is 0. The van der Waals surface area contributed by atoms with E-state index in [0.29, 0.717) is 6.61 Å². The van der Waals surface area contributed by atoms with Crippen molar-refractivity contribution in [2.45, 2.75) is 30.4 Å². The number of benzene rings is 1. The van der Waals surface area contributed by atoms with Gasteiger partial charge in [-0.15, -0.1) is 0 Å². The van der Waals surface area contributed by atoms with Crippen molar-refractivity contribution < 1.29 is 23.1 Å². The number of carboxylic acids is 1. The number of carbonyl (C=O) groups is 1. The van der Waals surface area contributed by atoms with Gasteiger partial charge in [-0.05, 0) is 32.0 Å². The molecule has 1 aliphatic rings. The molecule has 0 amide bonds. The van der Waals surface area contributed by atoms with Crippen LogP contribution in [0.15, 0.2) is 29.2 Å². The minimum atomic E-state index is -3.74. The lowest BCUT2D eigenvalue weighted by Crippen LogP contribution is -2.62. The molecule has 6 nitrogen and oxygen atoms in total. The molecule has 1 saturated heterocycles. The number of aromatic carboxylic acids is 1. The van der Waals surface area contributed by atoms with Crippen LogP contribution in [0.4, 0.5) is 0 Å². The Morgan fingerprint density at radius 3 is 2.63 bits per heavy atom. The van der Waals surface area contributed by atoms with Gasteiger partial charge in [-0.2, -0.15) is 0 Å². The van der Waals surface area contributed by atoms with Crippen LogP contribution in [0.2, 0.25) is 0 Å². The van der Waals surface area contributed by atoms with Crippen LogP contribution in [0, 0.1) is 0 Å². The van der Waals surface area contributed by atoms with Crippen LogP contribution in [0.1, 0.15) is 24.2 Å². The maximum absolute atomic E-state index is 12.1. The molecule has 2 N–H and O–H groups in total. The van der Waals surface area contributed by atoms with E-state index < -0.39 is 21.6 Å². The lowest BCUT2D eigenvalue weighted by Gasteiger charge is -2.44. The van der Waals surface area contributed by atoms with Crippen molar-refractivity contribution in [3.63, 3.8) is 0 Å². The molecule has 1 heterocycles. The van der Waals surface area contributed by atoms with Gasteiger partial charge in [0.2, 0.25) is 10.0 Å². The Bertz CT molecular complexity index is 608. The zero-order valence-electron chi connectivity index (χ0n) is 10.6. The van der Waals surface area contributed by atoms with Crippen LogP contribution in [-0.2, 0) is 14.8 Å². The summed E-state index contributed by atoms with van der Waals surface area (Å²) in [5.41, 5.74) is -0.607. The molecule has 1 aromatic rings. The van der Waals surface area contributed by atoms with E-state index >= 15 is 0 Å². The maximum atomic E-state index is 12.1. The third-order valence-corrected chi connectivity index (χ3v) is 4.62. The molecule has 0 aromatic heterocycles. The highest BCUT2D eigenvalue weighted by Crippen LogP contribution is 2.27. The Morgan fingerprint density at radius 2 is 2.16 bits per heavy atom. The zero-order chi connectivity index (χ0) is 14.3. The molecule has 2 rings (SSSR count). The minimum absolute atomic E-state index is 0.0601. The second kappa shape index (κ2) is 4.59. The topological polar surface area (TPSA) is 92.7 Å². The Morgan fingerprint density at radius 1 is 1.47 bits per heavy atom. The first-order chi connectivity index (χ1) is 8.72. The van der Waals surface area contributed by atoms with Crippen molar-refractivity contribution in [3.05, 3.63) is 29.8 Å². The van der Waals surface area contributed by atoms with Gasteiger partial charge in [-0.25, -0.2) is 17.9 Å². The first-order valence-electron chi connectivity index (χ1n) is 5.72. The molecular formula is C12H15NO5S. The monoisotopic (exact) mass is 285 g/mol. The Labute approximate surface area is 111 Å². The van der Waals surface area contributed by atoms with Gasteiger partial charge in [-0.1, -0.05) is 6.07 Å². The fourth-order valence-electron chi connectivity index (χ4n) is 1.73. The average Bonchev–Trinajstić information content (AvgIpc) is 2.35. The van der Waals surface area contributed by atoms with Gasteiger partial charge in [0.05, 0.1) is 28.7 Å². The molecule has 0 aliphatic carbocycles. The SMILES string of the molecule is CC1(C)OCC1NS(=O)(=O)c1cccc(C(=O)O)c1. The van der Waals surface area contributed by atoms with Crippen molar-refractivity contribution in [1.29, 1.82) is 0 Å². The summed E-state index contributed by atoms with van der Waals surface area (Å²) in [6.45, 7) is 3.89. The van der Waals surface area contributed by atoms with E-state index in [1.165, 1.54) is 18.2 Å². The smallest absolute Gasteiger partial charge is 0.335 e. The fraction of sp³-hybridized carbons (Fsp3) is 0.417. The van der Waals surface area contributed by atoms with Crippen LogP contribution in [-0.4, -0.2) is 37.7 Å². The van der Waals surface area contributed by atoms with E-state index in [9.17, 15) is 13.2 Å². The number of carboxylic acid groups (broad SMARTS) is 1. The van der Waals surface area contributed by atoms with Crippen LogP contribution in [0.5, 0.6) is 0 Å². The highest BCUT2D eigenvalue weighted by molar-refractivity contribution is 7.89. The summed E-state index contributed by atoms with van der Waals surface area (Å²) in [7, 11) is -3.74. The Kier molecular flexibility index (Phi) is 3.38. The standard InChI is InChI=1S/C12H15NO5S/c1-12(2)10(7-18-12)13-19(16,17)9-5-3-4-8(6-9)11(14)15/h3-6,10,13H,7H2,1-2H3,(H,14,15). The third kappa shape index (κ3) is 2.78. The highest BCUT2D eigenvalue weighted by atomic mass is 32.2. The van der Waals surface area contributed by atoms with Gasteiger partial charge >= 0.3 is 5.97 Å². The summed E-state index contributed by atoms with van der Waals surface area (Å²) >= 11 is 0. The van der Waals surface area contributed by atoms with Gasteiger partial charge in [0.25, 0.3) is 0 Å². The molecule has 1 aliphatic heterocycles. The molecule has 1 aromatic carbocycles. The van der Waals surface area contributed by atoms with Gasteiger partial charge in [0.1, 0.15) is 0 Å². The largest absolute Gasteiger partial charge is 0.478 e. The predicted octanol–water partition coefficient (Wildman–Crippen LogP) is 0.840. The van der Waals surface area contributed by atoms with E-state index in [4.69, 9.17) is 9.84 Å². The summed E-state index contributed by atoms with van der Waals surface area (Å²) in [6, 6.07) is 4.93. The fourth-order valence-corrected chi connectivity index (χ4v) is 3.13. The van der Waals surface area contributed by atoms with E-state index in [0.717, 1.165) is 6.07 Å². The summed E-state index contributed by atoms with van der Waals surface area (Å²) in [5, 5.41) is 8.86. The van der Waals surface area contributed by atoms with E-state index in [1.807, 2.05) is 0 Å². The molecule has 1 unspecified atom stereocenters. The predicted molar refractivity (Wildman–Crippen MR) is 67.5 cm³/mol. The number of hydrogen-bond donors (Lipinski definition) is 2.